The maximum atomic E-state index is 6.83. The monoisotopic (exact) mass is 668 g/mol. The van der Waals surface area contributed by atoms with E-state index in [4.69, 9.17) is 14.4 Å². The van der Waals surface area contributed by atoms with Crippen molar-refractivity contribution in [1.29, 1.82) is 0 Å². The highest BCUT2D eigenvalue weighted by molar-refractivity contribution is 7.99. The smallest absolute Gasteiger partial charge is 0.160 e. The molecule has 2 aromatic heterocycles. The van der Waals surface area contributed by atoms with Gasteiger partial charge in [0, 0.05) is 37.3 Å². The number of rotatable bonds is 3. The van der Waals surface area contributed by atoms with Crippen LogP contribution in [0, 0.1) is 0 Å². The van der Waals surface area contributed by atoms with Gasteiger partial charge in [-0.1, -0.05) is 145 Å². The topological polar surface area (TPSA) is 38.9 Å². The quantitative estimate of drug-likeness (QED) is 0.188. The second-order valence-electron chi connectivity index (χ2n) is 13.3. The Balaban J connectivity index is 1.20. The van der Waals surface area contributed by atoms with Gasteiger partial charge < -0.3 is 4.42 Å². The molecule has 0 fully saturated rings. The van der Waals surface area contributed by atoms with E-state index in [1.165, 1.54) is 43.2 Å². The fourth-order valence-electron chi connectivity index (χ4n) is 8.44. The first-order valence-electron chi connectivity index (χ1n) is 17.2. The number of benzene rings is 7. The molecule has 0 saturated carbocycles. The average Bonchev–Trinajstić information content (AvgIpc) is 3.71. The first kappa shape index (κ1) is 28.6. The summed E-state index contributed by atoms with van der Waals surface area (Å²) in [7, 11) is 0. The van der Waals surface area contributed by atoms with Crippen molar-refractivity contribution >= 4 is 33.7 Å². The molecule has 11 rings (SSSR count). The molecule has 0 atom stereocenters. The molecule has 0 amide bonds. The SMILES string of the molecule is c1ccc(-c2cc(-c3cccc4oc5cc6c(cc5c34)-c3ccccc3C63c4ccccc4Sc4ccccc43)nc(-c3ccccc3)n2)cc1. The predicted molar refractivity (Wildman–Crippen MR) is 207 cm³/mol. The van der Waals surface area contributed by atoms with Crippen LogP contribution >= 0.6 is 11.8 Å². The van der Waals surface area contributed by atoms with E-state index in [0.717, 1.165) is 50.0 Å². The molecule has 1 spiro atoms. The summed E-state index contributed by atoms with van der Waals surface area (Å²) >= 11 is 1.86. The van der Waals surface area contributed by atoms with Gasteiger partial charge in [0.25, 0.3) is 0 Å². The third-order valence-electron chi connectivity index (χ3n) is 10.6. The molecular formula is C47H28N2OS. The van der Waals surface area contributed by atoms with E-state index in [-0.39, 0.29) is 0 Å². The molecular weight excluding hydrogens is 641 g/mol. The fraction of sp³-hybridized carbons (Fsp3) is 0.0213. The van der Waals surface area contributed by atoms with Gasteiger partial charge >= 0.3 is 0 Å². The lowest BCUT2D eigenvalue weighted by Gasteiger charge is -2.39. The third kappa shape index (κ3) is 4.08. The van der Waals surface area contributed by atoms with E-state index in [1.807, 2.05) is 36.0 Å². The average molecular weight is 669 g/mol. The van der Waals surface area contributed by atoms with Gasteiger partial charge in [0.15, 0.2) is 5.82 Å². The first-order chi connectivity index (χ1) is 25.3. The largest absolute Gasteiger partial charge is 0.456 e. The highest BCUT2D eigenvalue weighted by Crippen LogP contribution is 2.62. The van der Waals surface area contributed by atoms with Crippen molar-refractivity contribution < 1.29 is 4.42 Å². The van der Waals surface area contributed by atoms with Crippen LogP contribution in [0.1, 0.15) is 22.3 Å². The Morgan fingerprint density at radius 2 is 1.04 bits per heavy atom. The zero-order valence-corrected chi connectivity index (χ0v) is 28.2. The zero-order valence-electron chi connectivity index (χ0n) is 27.4. The molecule has 0 unspecified atom stereocenters. The number of fused-ring (bicyclic) bond motifs is 12. The van der Waals surface area contributed by atoms with Crippen LogP contribution in [0.5, 0.6) is 0 Å². The lowest BCUT2D eigenvalue weighted by atomic mass is 9.67. The van der Waals surface area contributed by atoms with Crippen LogP contribution in [0.3, 0.4) is 0 Å². The number of hydrogen-bond donors (Lipinski definition) is 0. The molecule has 0 saturated heterocycles. The van der Waals surface area contributed by atoms with Gasteiger partial charge in [-0.05, 0) is 69.8 Å². The van der Waals surface area contributed by atoms with Crippen molar-refractivity contribution in [3.63, 3.8) is 0 Å². The van der Waals surface area contributed by atoms with E-state index >= 15 is 0 Å². The van der Waals surface area contributed by atoms with Crippen LogP contribution in [-0.4, -0.2) is 9.97 Å². The van der Waals surface area contributed by atoms with E-state index in [1.54, 1.807) is 0 Å². The summed E-state index contributed by atoms with van der Waals surface area (Å²) in [5.41, 5.74) is 13.8. The Bertz CT molecular complexity index is 2740. The molecule has 238 valence electrons. The molecule has 2 aliphatic rings. The number of hydrogen-bond acceptors (Lipinski definition) is 4. The summed E-state index contributed by atoms with van der Waals surface area (Å²) in [6.07, 6.45) is 0. The first-order valence-corrected chi connectivity index (χ1v) is 18.1. The molecule has 0 N–H and O–H groups in total. The van der Waals surface area contributed by atoms with Gasteiger partial charge in [0.1, 0.15) is 11.2 Å². The minimum Gasteiger partial charge on any atom is -0.456 e. The van der Waals surface area contributed by atoms with Gasteiger partial charge in [-0.15, -0.1) is 0 Å². The van der Waals surface area contributed by atoms with Gasteiger partial charge in [-0.2, -0.15) is 0 Å². The second-order valence-corrected chi connectivity index (χ2v) is 14.3. The van der Waals surface area contributed by atoms with Crippen LogP contribution in [0.15, 0.2) is 184 Å². The molecule has 9 aromatic rings. The zero-order chi connectivity index (χ0) is 33.5. The van der Waals surface area contributed by atoms with E-state index in [2.05, 4.69) is 146 Å². The van der Waals surface area contributed by atoms with E-state index < -0.39 is 5.41 Å². The van der Waals surface area contributed by atoms with Crippen molar-refractivity contribution in [2.45, 2.75) is 15.2 Å². The summed E-state index contributed by atoms with van der Waals surface area (Å²) in [5.74, 6) is 0.695. The van der Waals surface area contributed by atoms with Crippen LogP contribution in [-0.2, 0) is 5.41 Å². The summed E-state index contributed by atoms with van der Waals surface area (Å²) in [6.45, 7) is 0. The van der Waals surface area contributed by atoms with Crippen molar-refractivity contribution in [3.8, 4) is 45.0 Å². The molecule has 0 bridgehead atoms. The molecule has 4 heteroatoms. The van der Waals surface area contributed by atoms with Crippen molar-refractivity contribution in [1.82, 2.24) is 9.97 Å². The van der Waals surface area contributed by atoms with Gasteiger partial charge in [-0.25, -0.2) is 9.97 Å². The van der Waals surface area contributed by atoms with Crippen molar-refractivity contribution in [3.05, 3.63) is 192 Å². The summed E-state index contributed by atoms with van der Waals surface area (Å²) in [4.78, 5) is 12.8. The molecule has 1 aliphatic carbocycles. The normalized spacial score (nSPS) is 13.6. The fourth-order valence-corrected chi connectivity index (χ4v) is 9.63. The van der Waals surface area contributed by atoms with Crippen LogP contribution < -0.4 is 0 Å². The lowest BCUT2D eigenvalue weighted by Crippen LogP contribution is -2.31. The summed E-state index contributed by atoms with van der Waals surface area (Å²) in [5, 5.41) is 2.14. The Labute approximate surface area is 299 Å². The highest BCUT2D eigenvalue weighted by Gasteiger charge is 2.50. The van der Waals surface area contributed by atoms with Crippen molar-refractivity contribution in [2.24, 2.45) is 0 Å². The van der Waals surface area contributed by atoms with E-state index in [9.17, 15) is 0 Å². The second kappa shape index (κ2) is 10.9. The maximum Gasteiger partial charge on any atom is 0.160 e. The van der Waals surface area contributed by atoms with E-state index in [0.29, 0.717) is 5.82 Å². The third-order valence-corrected chi connectivity index (χ3v) is 11.7. The standard InChI is InChI=1S/C47H28N2OS/c1-3-14-29(15-4-1)39-28-40(49-46(48-39)30-16-5-2-6-17-30)32-19-13-23-41-45(32)34-26-33-31-18-7-8-20-35(31)47(38(33)27-42(34)50-41)36-21-9-11-24-43(36)51-44-25-12-10-22-37(44)47/h1-28H. The minimum absolute atomic E-state index is 0.456. The Hall–Kier alpha value is -6.23. The summed E-state index contributed by atoms with van der Waals surface area (Å²) < 4.78 is 6.83. The summed E-state index contributed by atoms with van der Waals surface area (Å²) in [6, 6.07) is 60.4. The van der Waals surface area contributed by atoms with Gasteiger partial charge in [-0.3, -0.25) is 0 Å². The van der Waals surface area contributed by atoms with Crippen LogP contribution in [0.4, 0.5) is 0 Å². The predicted octanol–water partition coefficient (Wildman–Crippen LogP) is 12.2. The van der Waals surface area contributed by atoms with Gasteiger partial charge in [0.2, 0.25) is 0 Å². The molecule has 7 aromatic carbocycles. The number of nitrogens with zero attached hydrogens (tertiary/aromatic N) is 2. The van der Waals surface area contributed by atoms with Crippen molar-refractivity contribution in [2.75, 3.05) is 0 Å². The lowest BCUT2D eigenvalue weighted by molar-refractivity contribution is 0.664. The highest BCUT2D eigenvalue weighted by atomic mass is 32.2. The molecule has 3 heterocycles. The molecule has 1 aliphatic heterocycles. The Kier molecular flexibility index (Phi) is 6.10. The molecule has 51 heavy (non-hydrogen) atoms. The molecule has 3 nitrogen and oxygen atoms in total. The van der Waals surface area contributed by atoms with Crippen LogP contribution in [0.2, 0.25) is 0 Å². The Morgan fingerprint density at radius 1 is 0.431 bits per heavy atom. The Morgan fingerprint density at radius 3 is 1.78 bits per heavy atom. The minimum atomic E-state index is -0.456. The van der Waals surface area contributed by atoms with Crippen LogP contribution in [0.25, 0.3) is 67.0 Å². The maximum absolute atomic E-state index is 6.83. The van der Waals surface area contributed by atoms with Gasteiger partial charge in [0.05, 0.1) is 16.8 Å². The number of furan rings is 1. The number of aromatic nitrogens is 2. The molecule has 0 radical (unpaired) electrons.